The summed E-state index contributed by atoms with van der Waals surface area (Å²) in [6.45, 7) is 1.68. The number of nitrogens with zero attached hydrogens (tertiary/aromatic N) is 2. The number of carbonyl (C=O) groups is 2. The van der Waals surface area contributed by atoms with Crippen LogP contribution in [-0.4, -0.2) is 27.1 Å². The molecule has 3 aromatic rings. The van der Waals surface area contributed by atoms with Gasteiger partial charge in [0.15, 0.2) is 16.8 Å². The molecule has 2 N–H and O–H groups in total. The maximum Gasteiger partial charge on any atom is 0.251 e. The van der Waals surface area contributed by atoms with Gasteiger partial charge < -0.3 is 15.2 Å². The number of benzene rings is 2. The SMILES string of the molecule is C[C@@H](NC(=O)c1ccc(NC(=O)CSc2nccn2C)cc1)c1ccc(F)c(F)c1. The van der Waals surface area contributed by atoms with E-state index < -0.39 is 17.7 Å². The molecule has 0 aliphatic rings. The van der Waals surface area contributed by atoms with Gasteiger partial charge in [-0.3, -0.25) is 9.59 Å². The molecular formula is C21H20F2N4O2S. The largest absolute Gasteiger partial charge is 0.346 e. The van der Waals surface area contributed by atoms with Gasteiger partial charge in [-0.1, -0.05) is 17.8 Å². The molecule has 0 radical (unpaired) electrons. The Morgan fingerprint density at radius 2 is 1.87 bits per heavy atom. The van der Waals surface area contributed by atoms with E-state index in [2.05, 4.69) is 15.6 Å². The second-order valence-corrected chi connectivity index (χ2v) is 7.55. The summed E-state index contributed by atoms with van der Waals surface area (Å²) in [5.41, 5.74) is 1.40. The van der Waals surface area contributed by atoms with Crippen molar-refractivity contribution in [1.82, 2.24) is 14.9 Å². The predicted octanol–water partition coefficient (Wildman–Crippen LogP) is 3.92. The van der Waals surface area contributed by atoms with Crippen molar-refractivity contribution in [3.63, 3.8) is 0 Å². The zero-order valence-electron chi connectivity index (χ0n) is 16.4. The van der Waals surface area contributed by atoms with Crippen LogP contribution in [0.5, 0.6) is 0 Å². The number of hydrogen-bond acceptors (Lipinski definition) is 4. The third-order valence-corrected chi connectivity index (χ3v) is 5.39. The molecule has 0 spiro atoms. The van der Waals surface area contributed by atoms with E-state index in [0.717, 1.165) is 17.3 Å². The van der Waals surface area contributed by atoms with Crippen molar-refractivity contribution < 1.29 is 18.4 Å². The second kappa shape index (κ2) is 9.53. The number of aromatic nitrogens is 2. The molecule has 0 bridgehead atoms. The molecule has 1 heterocycles. The standard InChI is InChI=1S/C21H20F2N4O2S/c1-13(15-5-8-17(22)18(23)11-15)25-20(29)14-3-6-16(7-4-14)26-19(28)12-30-21-24-9-10-27(21)2/h3-11,13H,12H2,1-2H3,(H,25,29)(H,26,28)/t13-/m1/s1. The Bertz CT molecular complexity index is 1050. The number of thioether (sulfide) groups is 1. The van der Waals surface area contributed by atoms with E-state index in [0.29, 0.717) is 16.8 Å². The van der Waals surface area contributed by atoms with Crippen LogP contribution in [0, 0.1) is 11.6 Å². The van der Waals surface area contributed by atoms with Crippen LogP contribution in [0.15, 0.2) is 60.0 Å². The first-order chi connectivity index (χ1) is 14.3. The number of anilines is 1. The van der Waals surface area contributed by atoms with Crippen LogP contribution in [0.1, 0.15) is 28.9 Å². The first kappa shape index (κ1) is 21.5. The maximum atomic E-state index is 13.4. The van der Waals surface area contributed by atoms with E-state index in [9.17, 15) is 18.4 Å². The first-order valence-electron chi connectivity index (χ1n) is 9.09. The minimum atomic E-state index is -0.963. The molecule has 0 saturated heterocycles. The van der Waals surface area contributed by atoms with Crippen molar-refractivity contribution in [2.75, 3.05) is 11.1 Å². The van der Waals surface area contributed by atoms with Gasteiger partial charge in [0.25, 0.3) is 5.91 Å². The summed E-state index contributed by atoms with van der Waals surface area (Å²) < 4.78 is 28.3. The Kier molecular flexibility index (Phi) is 6.83. The molecule has 1 atom stereocenters. The number of nitrogens with one attached hydrogen (secondary N) is 2. The Hall–Kier alpha value is -3.20. The number of rotatable bonds is 7. The average Bonchev–Trinajstić information content (AvgIpc) is 3.13. The Morgan fingerprint density at radius 3 is 2.50 bits per heavy atom. The fraction of sp³-hybridized carbons (Fsp3) is 0.190. The van der Waals surface area contributed by atoms with Crippen LogP contribution in [0.3, 0.4) is 0 Å². The van der Waals surface area contributed by atoms with Crippen molar-refractivity contribution in [3.8, 4) is 0 Å². The summed E-state index contributed by atoms with van der Waals surface area (Å²) in [4.78, 5) is 28.6. The summed E-state index contributed by atoms with van der Waals surface area (Å²) in [6, 6.07) is 9.41. The molecule has 6 nitrogen and oxygen atoms in total. The molecule has 2 amide bonds. The van der Waals surface area contributed by atoms with E-state index in [1.807, 2.05) is 11.6 Å². The number of carbonyl (C=O) groups excluding carboxylic acids is 2. The molecular weight excluding hydrogens is 410 g/mol. The highest BCUT2D eigenvalue weighted by atomic mass is 32.2. The maximum absolute atomic E-state index is 13.4. The molecule has 0 aliphatic carbocycles. The van der Waals surface area contributed by atoms with Gasteiger partial charge in [-0.25, -0.2) is 13.8 Å². The van der Waals surface area contributed by atoms with Gasteiger partial charge in [0.2, 0.25) is 5.91 Å². The van der Waals surface area contributed by atoms with E-state index in [-0.39, 0.29) is 17.6 Å². The number of amides is 2. The van der Waals surface area contributed by atoms with Crippen LogP contribution in [0.25, 0.3) is 0 Å². The highest BCUT2D eigenvalue weighted by Crippen LogP contribution is 2.18. The number of halogens is 2. The fourth-order valence-electron chi connectivity index (χ4n) is 2.67. The van der Waals surface area contributed by atoms with Crippen molar-refractivity contribution in [3.05, 3.63) is 77.6 Å². The van der Waals surface area contributed by atoms with Crippen molar-refractivity contribution >= 4 is 29.3 Å². The van der Waals surface area contributed by atoms with Gasteiger partial charge >= 0.3 is 0 Å². The van der Waals surface area contributed by atoms with Gasteiger partial charge in [0, 0.05) is 30.7 Å². The van der Waals surface area contributed by atoms with E-state index >= 15 is 0 Å². The average molecular weight is 430 g/mol. The third-order valence-electron chi connectivity index (χ3n) is 4.33. The van der Waals surface area contributed by atoms with Gasteiger partial charge in [-0.15, -0.1) is 0 Å². The third kappa shape index (κ3) is 5.44. The Labute approximate surface area is 176 Å². The molecule has 0 unspecified atom stereocenters. The Morgan fingerprint density at radius 1 is 1.13 bits per heavy atom. The zero-order chi connectivity index (χ0) is 21.7. The van der Waals surface area contributed by atoms with E-state index in [4.69, 9.17) is 0 Å². The van der Waals surface area contributed by atoms with Crippen LogP contribution in [-0.2, 0) is 11.8 Å². The van der Waals surface area contributed by atoms with Crippen LogP contribution in [0.2, 0.25) is 0 Å². The van der Waals surface area contributed by atoms with E-state index in [1.165, 1.54) is 17.8 Å². The van der Waals surface area contributed by atoms with Gasteiger partial charge in [0.05, 0.1) is 11.8 Å². The van der Waals surface area contributed by atoms with Crippen molar-refractivity contribution in [1.29, 1.82) is 0 Å². The lowest BCUT2D eigenvalue weighted by atomic mass is 10.1. The monoisotopic (exact) mass is 430 g/mol. The molecule has 9 heteroatoms. The second-order valence-electron chi connectivity index (χ2n) is 6.60. The van der Waals surface area contributed by atoms with Gasteiger partial charge in [-0.05, 0) is 48.9 Å². The minimum Gasteiger partial charge on any atom is -0.346 e. The lowest BCUT2D eigenvalue weighted by Crippen LogP contribution is -2.26. The normalized spacial score (nSPS) is 11.7. The molecule has 3 rings (SSSR count). The van der Waals surface area contributed by atoms with Crippen LogP contribution in [0.4, 0.5) is 14.5 Å². The molecule has 0 fully saturated rings. The fourth-order valence-corrected chi connectivity index (χ4v) is 3.40. The molecule has 2 aromatic carbocycles. The molecule has 0 saturated carbocycles. The highest BCUT2D eigenvalue weighted by molar-refractivity contribution is 7.99. The summed E-state index contributed by atoms with van der Waals surface area (Å²) >= 11 is 1.32. The summed E-state index contributed by atoms with van der Waals surface area (Å²) in [7, 11) is 1.85. The minimum absolute atomic E-state index is 0.188. The summed E-state index contributed by atoms with van der Waals surface area (Å²) in [6.07, 6.45) is 3.47. The lowest BCUT2D eigenvalue weighted by Gasteiger charge is -2.15. The van der Waals surface area contributed by atoms with Gasteiger partial charge in [-0.2, -0.15) is 0 Å². The summed E-state index contributed by atoms with van der Waals surface area (Å²) in [5, 5.41) is 6.24. The molecule has 0 aliphatic heterocycles. The highest BCUT2D eigenvalue weighted by Gasteiger charge is 2.14. The quantitative estimate of drug-likeness (QED) is 0.557. The lowest BCUT2D eigenvalue weighted by molar-refractivity contribution is -0.113. The zero-order valence-corrected chi connectivity index (χ0v) is 17.2. The number of hydrogen-bond donors (Lipinski definition) is 2. The van der Waals surface area contributed by atoms with Crippen molar-refractivity contribution in [2.24, 2.45) is 7.05 Å². The predicted molar refractivity (Wildman–Crippen MR) is 111 cm³/mol. The van der Waals surface area contributed by atoms with E-state index in [1.54, 1.807) is 43.6 Å². The number of imidazole rings is 1. The Balaban J connectivity index is 1.53. The topological polar surface area (TPSA) is 76.0 Å². The van der Waals surface area contributed by atoms with Crippen LogP contribution >= 0.6 is 11.8 Å². The van der Waals surface area contributed by atoms with Crippen LogP contribution < -0.4 is 10.6 Å². The van der Waals surface area contributed by atoms with Gasteiger partial charge in [0.1, 0.15) is 0 Å². The molecule has 1 aromatic heterocycles. The summed E-state index contributed by atoms with van der Waals surface area (Å²) in [5.74, 6) is -2.25. The first-order valence-corrected chi connectivity index (χ1v) is 10.1. The number of aryl methyl sites for hydroxylation is 1. The van der Waals surface area contributed by atoms with Crippen molar-refractivity contribution in [2.45, 2.75) is 18.1 Å². The smallest absolute Gasteiger partial charge is 0.251 e. The molecule has 30 heavy (non-hydrogen) atoms. The molecule has 156 valence electrons.